The Bertz CT molecular complexity index is 850. The molecule has 114 valence electrons. The molecule has 0 saturated carbocycles. The van der Waals surface area contributed by atoms with Gasteiger partial charge in [-0.1, -0.05) is 11.6 Å². The number of nitrogen functional groups attached to an aromatic ring is 2. The van der Waals surface area contributed by atoms with E-state index in [9.17, 15) is 9.59 Å². The molecule has 1 aromatic heterocycles. The summed E-state index contributed by atoms with van der Waals surface area (Å²) in [6.45, 7) is 1.88. The average molecular weight is 321 g/mol. The third-order valence-corrected chi connectivity index (χ3v) is 4.00. The summed E-state index contributed by atoms with van der Waals surface area (Å²) in [6, 6.07) is 1.39. The predicted molar refractivity (Wildman–Crippen MR) is 84.3 cm³/mol. The van der Waals surface area contributed by atoms with E-state index in [0.29, 0.717) is 16.6 Å². The first kappa shape index (κ1) is 14.4. The molecule has 2 aromatic rings. The number of nitrogens with zero attached hydrogens (tertiary/aromatic N) is 2. The van der Waals surface area contributed by atoms with Crippen molar-refractivity contribution >= 4 is 51.4 Å². The van der Waals surface area contributed by atoms with Crippen LogP contribution < -0.4 is 16.4 Å². The monoisotopic (exact) mass is 320 g/mol. The minimum atomic E-state index is -0.628. The lowest BCUT2D eigenvalue weighted by molar-refractivity contribution is 0.0520. The fourth-order valence-electron chi connectivity index (χ4n) is 2.58. The highest BCUT2D eigenvalue weighted by molar-refractivity contribution is 6.41. The van der Waals surface area contributed by atoms with Crippen molar-refractivity contribution in [2.75, 3.05) is 30.0 Å². The predicted octanol–water partition coefficient (Wildman–Crippen LogP) is 1.82. The first-order valence-electron chi connectivity index (χ1n) is 6.54. The number of hydrogen-bond donors (Lipinski definition) is 2. The Balaban J connectivity index is 2.41. The summed E-state index contributed by atoms with van der Waals surface area (Å²) in [7, 11) is 1.57. The largest absolute Gasteiger partial charge is 0.461 e. The van der Waals surface area contributed by atoms with Crippen molar-refractivity contribution in [1.29, 1.82) is 0 Å². The van der Waals surface area contributed by atoms with E-state index in [4.69, 9.17) is 27.8 Å². The first-order valence-corrected chi connectivity index (χ1v) is 6.92. The van der Waals surface area contributed by atoms with Gasteiger partial charge in [-0.15, -0.1) is 0 Å². The number of benzene rings is 1. The van der Waals surface area contributed by atoms with Crippen LogP contribution in [0.4, 0.5) is 17.1 Å². The van der Waals surface area contributed by atoms with Crippen LogP contribution >= 0.6 is 11.6 Å². The van der Waals surface area contributed by atoms with Crippen LogP contribution in [0.3, 0.4) is 0 Å². The van der Waals surface area contributed by atoms with Gasteiger partial charge in [-0.05, 0) is 13.0 Å². The first-order chi connectivity index (χ1) is 10.4. The molecule has 0 aliphatic carbocycles. The molecular weight excluding hydrogens is 308 g/mol. The number of carbonyl (C=O) groups excluding carboxylic acids is 2. The highest BCUT2D eigenvalue weighted by Crippen LogP contribution is 2.47. The van der Waals surface area contributed by atoms with Gasteiger partial charge in [-0.2, -0.15) is 0 Å². The molecule has 0 fully saturated rings. The van der Waals surface area contributed by atoms with Crippen molar-refractivity contribution in [2.45, 2.75) is 6.92 Å². The molecule has 8 heteroatoms. The fourth-order valence-corrected chi connectivity index (χ4v) is 2.76. The lowest BCUT2D eigenvalue weighted by Gasteiger charge is -2.15. The molecule has 1 aromatic carbocycles. The third-order valence-electron chi connectivity index (χ3n) is 3.59. The van der Waals surface area contributed by atoms with Crippen molar-refractivity contribution in [2.24, 2.45) is 0 Å². The number of anilines is 3. The molecule has 0 unspecified atom stereocenters. The molecule has 0 atom stereocenters. The number of hydrogen-bond acceptors (Lipinski definition) is 6. The van der Waals surface area contributed by atoms with E-state index in [2.05, 4.69) is 4.98 Å². The van der Waals surface area contributed by atoms with Crippen LogP contribution in [0.2, 0.25) is 5.02 Å². The van der Waals surface area contributed by atoms with E-state index >= 15 is 0 Å². The van der Waals surface area contributed by atoms with Gasteiger partial charge in [-0.25, -0.2) is 9.78 Å². The van der Waals surface area contributed by atoms with Crippen molar-refractivity contribution in [3.8, 4) is 0 Å². The molecule has 1 aliphatic heterocycles. The smallest absolute Gasteiger partial charge is 0.356 e. The lowest BCUT2D eigenvalue weighted by Crippen LogP contribution is -2.22. The molecule has 1 aliphatic rings. The molecule has 0 bridgehead atoms. The summed E-state index contributed by atoms with van der Waals surface area (Å²) in [5.41, 5.74) is 13.3. The lowest BCUT2D eigenvalue weighted by atomic mass is 10.1. The topological polar surface area (TPSA) is 112 Å². The summed E-state index contributed by atoms with van der Waals surface area (Å²) < 4.78 is 4.92. The third kappa shape index (κ3) is 1.72. The second-order valence-corrected chi connectivity index (χ2v) is 5.23. The van der Waals surface area contributed by atoms with Crippen molar-refractivity contribution in [3.05, 3.63) is 22.3 Å². The number of nitrogens with two attached hydrogens (primary N) is 2. The Kier molecular flexibility index (Phi) is 3.10. The molecule has 4 N–H and O–H groups in total. The number of amides is 1. The van der Waals surface area contributed by atoms with Crippen molar-refractivity contribution in [1.82, 2.24) is 4.98 Å². The maximum Gasteiger partial charge on any atom is 0.356 e. The molecule has 0 spiro atoms. The van der Waals surface area contributed by atoms with Crippen molar-refractivity contribution < 1.29 is 14.3 Å². The molecule has 2 heterocycles. The summed E-state index contributed by atoms with van der Waals surface area (Å²) in [5, 5.41) is 0.614. The fraction of sp³-hybridized carbons (Fsp3) is 0.214. The molecular formula is C14H13ClN4O3. The number of rotatable bonds is 2. The second-order valence-electron chi connectivity index (χ2n) is 4.85. The average Bonchev–Trinajstić information content (AvgIpc) is 2.75. The molecule has 3 rings (SSSR count). The highest BCUT2D eigenvalue weighted by Gasteiger charge is 2.34. The number of carbonyl (C=O) groups is 2. The van der Waals surface area contributed by atoms with E-state index in [-0.39, 0.29) is 40.1 Å². The van der Waals surface area contributed by atoms with Gasteiger partial charge in [0, 0.05) is 12.4 Å². The summed E-state index contributed by atoms with van der Waals surface area (Å²) >= 11 is 6.13. The summed E-state index contributed by atoms with van der Waals surface area (Å²) in [5.74, 6) is -0.932. The Hall–Kier alpha value is -2.54. The van der Waals surface area contributed by atoms with Gasteiger partial charge in [-0.3, -0.25) is 4.79 Å². The Labute approximate surface area is 130 Å². The number of pyridine rings is 1. The Morgan fingerprint density at radius 2 is 2.09 bits per heavy atom. The van der Waals surface area contributed by atoms with E-state index in [1.807, 2.05) is 0 Å². The van der Waals surface area contributed by atoms with E-state index in [1.54, 1.807) is 14.0 Å². The normalized spacial score (nSPS) is 13.0. The maximum absolute atomic E-state index is 12.4. The van der Waals surface area contributed by atoms with Gasteiger partial charge < -0.3 is 21.1 Å². The maximum atomic E-state index is 12.4. The van der Waals surface area contributed by atoms with Crippen LogP contribution in [0.15, 0.2) is 6.07 Å². The van der Waals surface area contributed by atoms with Crippen LogP contribution in [-0.4, -0.2) is 30.5 Å². The van der Waals surface area contributed by atoms with Gasteiger partial charge >= 0.3 is 5.97 Å². The van der Waals surface area contributed by atoms with Crippen LogP contribution in [0.25, 0.3) is 10.9 Å². The highest BCUT2D eigenvalue weighted by atomic mass is 35.5. The van der Waals surface area contributed by atoms with Gasteiger partial charge in [0.25, 0.3) is 5.91 Å². The second kappa shape index (κ2) is 4.74. The zero-order chi connectivity index (χ0) is 16.2. The van der Waals surface area contributed by atoms with Crippen molar-refractivity contribution in [3.63, 3.8) is 0 Å². The molecule has 0 radical (unpaired) electrons. The molecule has 0 saturated heterocycles. The van der Waals surface area contributed by atoms with Gasteiger partial charge in [0.15, 0.2) is 0 Å². The molecule has 7 nitrogen and oxygen atoms in total. The zero-order valence-electron chi connectivity index (χ0n) is 11.9. The zero-order valence-corrected chi connectivity index (χ0v) is 12.7. The number of aromatic nitrogens is 1. The van der Waals surface area contributed by atoms with E-state index in [1.165, 1.54) is 11.0 Å². The quantitative estimate of drug-likeness (QED) is 0.645. The molecule has 1 amide bonds. The minimum absolute atomic E-state index is 0.00601. The van der Waals surface area contributed by atoms with Gasteiger partial charge in [0.05, 0.1) is 39.8 Å². The van der Waals surface area contributed by atoms with E-state index in [0.717, 1.165) is 0 Å². The van der Waals surface area contributed by atoms with E-state index < -0.39 is 5.97 Å². The number of ether oxygens (including phenoxy) is 1. The minimum Gasteiger partial charge on any atom is -0.461 e. The van der Waals surface area contributed by atoms with Crippen LogP contribution in [0.1, 0.15) is 27.8 Å². The summed E-state index contributed by atoms with van der Waals surface area (Å²) in [4.78, 5) is 29.9. The Morgan fingerprint density at radius 3 is 2.73 bits per heavy atom. The number of esters is 1. The summed E-state index contributed by atoms with van der Waals surface area (Å²) in [6.07, 6.45) is 0. The number of halogens is 1. The van der Waals surface area contributed by atoms with Crippen LogP contribution in [0, 0.1) is 0 Å². The van der Waals surface area contributed by atoms with Crippen LogP contribution in [-0.2, 0) is 4.74 Å². The standard InChI is InChI=1S/C14H13ClN4O3/c1-3-22-14(21)6-4-5-7-11(18-6)9(16)8(15)10(17)12(7)19(2)13(5)20/h4H,3,16-17H2,1-2H3. The van der Waals surface area contributed by atoms with Gasteiger partial charge in [0.2, 0.25) is 0 Å². The van der Waals surface area contributed by atoms with Crippen LogP contribution in [0.5, 0.6) is 0 Å². The van der Waals surface area contributed by atoms with Gasteiger partial charge in [0.1, 0.15) is 5.69 Å². The Morgan fingerprint density at radius 1 is 1.41 bits per heavy atom. The molecule has 22 heavy (non-hydrogen) atoms. The SMILES string of the molecule is CCOC(=O)c1cc2c3c(c(N)c(Cl)c(N)c3n1)N(C)C2=O.